The van der Waals surface area contributed by atoms with Crippen molar-refractivity contribution in [2.45, 2.75) is 239 Å². The number of alkyl halides is 6. The van der Waals surface area contributed by atoms with Gasteiger partial charge < -0.3 is 29.9 Å². The number of sulfonamides is 2. The van der Waals surface area contributed by atoms with Gasteiger partial charge in [-0.25, -0.2) is 36.8 Å². The fraction of sp³-hybridized carbons (Fsp3) is 0.564. The number of hydrogen-bond acceptors (Lipinski definition) is 18. The summed E-state index contributed by atoms with van der Waals surface area (Å²) in [5, 5.41) is 5.69. The first-order valence-electron chi connectivity index (χ1n) is 38.2. The highest BCUT2D eigenvalue weighted by atomic mass is 32.2. The molecule has 34 heteroatoms. The highest BCUT2D eigenvalue weighted by molar-refractivity contribution is 7.92. The predicted octanol–water partition coefficient (Wildman–Crippen LogP) is 10.9. The number of nitrogens with zero attached hydrogens (tertiary/aromatic N) is 10. The van der Waals surface area contributed by atoms with Crippen molar-refractivity contribution in [1.82, 2.24) is 68.9 Å². The van der Waals surface area contributed by atoms with E-state index >= 15 is 0 Å². The summed E-state index contributed by atoms with van der Waals surface area (Å²) in [5.74, 6) is -6.15. The molecule has 6 fully saturated rings. The minimum Gasteiger partial charge on any atom is -0.459 e. The molecule has 4 aliphatic carbocycles. The number of carbonyl (C=O) groups is 6. The topological polar surface area (TPSA) is 331 Å². The Morgan fingerprint density at radius 1 is 0.705 bits per heavy atom. The molecule has 13 rings (SSSR count). The first kappa shape index (κ1) is 82.1. The van der Waals surface area contributed by atoms with Crippen molar-refractivity contribution < 1.29 is 81.4 Å². The van der Waals surface area contributed by atoms with Crippen molar-refractivity contribution in [3.05, 3.63) is 133 Å². The Morgan fingerprint density at radius 3 is 1.79 bits per heavy atom. The number of rotatable bonds is 26. The number of unbranched alkanes of at least 4 members (excludes halogenated alkanes) is 3. The molecule has 10 atom stereocenters. The van der Waals surface area contributed by atoms with Gasteiger partial charge in [0.1, 0.15) is 59.1 Å². The summed E-state index contributed by atoms with van der Waals surface area (Å²) in [6.07, 6.45) is 11.6. The van der Waals surface area contributed by atoms with Gasteiger partial charge >= 0.3 is 12.4 Å². The molecule has 4 N–H and O–H groups in total. The first-order valence-corrected chi connectivity index (χ1v) is 41.2. The average Bonchev–Trinajstić information content (AvgIpc) is 1.57. The molecule has 604 valence electrons. The summed E-state index contributed by atoms with van der Waals surface area (Å²) in [7, 11) is -8.04. The lowest BCUT2D eigenvalue weighted by molar-refractivity contribution is -0.143. The van der Waals surface area contributed by atoms with Crippen LogP contribution < -0.4 is 29.6 Å². The van der Waals surface area contributed by atoms with Crippen molar-refractivity contribution in [2.75, 3.05) is 13.1 Å². The highest BCUT2D eigenvalue weighted by Gasteiger charge is 2.65. The maximum absolute atomic E-state index is 14.7. The van der Waals surface area contributed by atoms with Gasteiger partial charge in [-0.3, -0.25) is 47.3 Å². The molecule has 6 aromatic rings. The van der Waals surface area contributed by atoms with E-state index in [1.807, 2.05) is 45.9 Å². The molecule has 2 aromatic carbocycles. The standard InChI is InChI=1S/C40H50F3N7O6S.C38H46F3N7O6S/c1-6-8-9-10-11-12-27(19-26-13-15-29(16-14-26)40(41,42)43)35(52)49-23-30(56-37-46-31-22-44-24-45-33(31)50(37)25(3)4)20-32(49)34(51)47-39(21-28(39)7-2)36(53)48-57(54,55)38(5)17-18-38;1-23(2)48-31-29(20-42-22-43-31)44-35(48)54-28-18-30-32(49)45-37(34(51)46-55(52,53)36(3)15-16-36)19-27(37)10-8-6-4-5-7-9-25(33(50)47(30)21-28)17-24-11-13-26(14-12-24)38(39,40)41/h6-7,13-16,22,24-25,27-28,30,32H,1-2,8-12,17-21,23H2,3-5H3,(H,47,51)(H,48,53);8,10-14,20,22-23,25,27-28,30H,4-7,9,15-19,21H2,1-3H3,(H,45,49)(H,46,51)/b;10-8-/t27-,28-,30-,32+,39-;25-,27-,28-,30+,37-/m11/s1. The van der Waals surface area contributed by atoms with Crippen molar-refractivity contribution in [3.63, 3.8) is 0 Å². The monoisotopic (exact) mass is 1600 g/mol. The van der Waals surface area contributed by atoms with Crippen LogP contribution in [0.2, 0.25) is 0 Å². The summed E-state index contributed by atoms with van der Waals surface area (Å²) in [4.78, 5) is 115. The molecule has 7 heterocycles. The van der Waals surface area contributed by atoms with Crippen LogP contribution in [-0.4, -0.2) is 159 Å². The van der Waals surface area contributed by atoms with Gasteiger partial charge in [0.15, 0.2) is 11.3 Å². The minimum atomic E-state index is -4.52. The molecular weight excluding hydrogens is 1500 g/mol. The summed E-state index contributed by atoms with van der Waals surface area (Å²) in [5.41, 5.74) is -1.57. The van der Waals surface area contributed by atoms with Gasteiger partial charge in [0.05, 0.1) is 46.1 Å². The average molecular weight is 1600 g/mol. The molecule has 0 radical (unpaired) electrons. The number of imidazole rings is 2. The van der Waals surface area contributed by atoms with E-state index in [9.17, 15) is 71.9 Å². The van der Waals surface area contributed by atoms with Crippen LogP contribution in [0.1, 0.15) is 191 Å². The molecule has 0 spiro atoms. The number of carbonyl (C=O) groups excluding carboxylic acids is 6. The molecule has 0 bridgehead atoms. The van der Waals surface area contributed by atoms with E-state index in [0.717, 1.165) is 56.4 Å². The maximum Gasteiger partial charge on any atom is 0.416 e. The van der Waals surface area contributed by atoms with Crippen LogP contribution in [0.5, 0.6) is 12.0 Å². The minimum absolute atomic E-state index is 0.00368. The summed E-state index contributed by atoms with van der Waals surface area (Å²) in [6.45, 7) is 18.3. The second kappa shape index (κ2) is 32.3. The lowest BCUT2D eigenvalue weighted by atomic mass is 9.91. The first-order chi connectivity index (χ1) is 52.9. The maximum atomic E-state index is 14.7. The third-order valence-corrected chi connectivity index (χ3v) is 27.2. The van der Waals surface area contributed by atoms with E-state index in [1.165, 1.54) is 52.8 Å². The fourth-order valence-electron chi connectivity index (χ4n) is 15.3. The quantitative estimate of drug-likeness (QED) is 0.0223. The molecule has 0 unspecified atom stereocenters. The van der Waals surface area contributed by atoms with Crippen molar-refractivity contribution >= 4 is 77.8 Å². The van der Waals surface area contributed by atoms with Gasteiger partial charge in [-0.1, -0.05) is 74.3 Å². The van der Waals surface area contributed by atoms with Crippen LogP contribution in [0.25, 0.3) is 22.3 Å². The van der Waals surface area contributed by atoms with E-state index in [-0.39, 0.29) is 81.6 Å². The van der Waals surface area contributed by atoms with Gasteiger partial charge in [0.25, 0.3) is 23.8 Å². The molecule has 3 aliphatic heterocycles. The Labute approximate surface area is 646 Å². The summed E-state index contributed by atoms with van der Waals surface area (Å²) < 4.78 is 151. The van der Waals surface area contributed by atoms with Crippen molar-refractivity contribution in [3.8, 4) is 12.0 Å². The Morgan fingerprint density at radius 2 is 1.26 bits per heavy atom. The van der Waals surface area contributed by atoms with Crippen molar-refractivity contribution in [1.29, 1.82) is 0 Å². The predicted molar refractivity (Wildman–Crippen MR) is 401 cm³/mol. The lowest BCUT2D eigenvalue weighted by Gasteiger charge is -2.30. The fourth-order valence-corrected chi connectivity index (χ4v) is 17.9. The SMILES string of the molecule is C=CCCCCC[C@H](Cc1ccc(C(F)(F)F)cc1)C(=O)N1C[C@H](Oc2nc3cncnc3n2C(C)C)C[C@H]1C(=O)N[C@]1(C(=O)NS(=O)(=O)C2(C)CC2)C[C@H]1C=C.CC(C)n1c(O[C@@H]2C[C@H]3C(=O)N[C@]4(C(=O)NS(=O)(=O)C5(C)CC5)C[C@H]4/C=C\CCCCC[C@H](Cc4ccc(C(F)(F)F)cc4)C(=O)N3C2)nc2cncnc21. The number of fused-ring (bicyclic) bond motifs is 4. The molecular formula is C78H96F6N14O12S2. The van der Waals surface area contributed by atoms with Gasteiger partial charge in [-0.05, 0) is 167 Å². The van der Waals surface area contributed by atoms with Gasteiger partial charge in [0, 0.05) is 48.6 Å². The zero-order valence-electron chi connectivity index (χ0n) is 63.4. The van der Waals surface area contributed by atoms with Crippen LogP contribution in [0, 0.1) is 23.7 Å². The number of nitrogens with one attached hydrogen (secondary N) is 4. The largest absolute Gasteiger partial charge is 0.459 e. The number of hydrogen-bond donors (Lipinski definition) is 4. The number of benzene rings is 2. The Bertz CT molecular complexity index is 4820. The van der Waals surface area contributed by atoms with Gasteiger partial charge in [0.2, 0.25) is 43.7 Å². The van der Waals surface area contributed by atoms with E-state index in [0.29, 0.717) is 91.2 Å². The number of ether oxygens (including phenoxy) is 2. The van der Waals surface area contributed by atoms with Crippen LogP contribution in [0.3, 0.4) is 0 Å². The highest BCUT2D eigenvalue weighted by Crippen LogP contribution is 2.50. The molecule has 112 heavy (non-hydrogen) atoms. The van der Waals surface area contributed by atoms with Gasteiger partial charge in [-0.15, -0.1) is 13.2 Å². The number of allylic oxidation sites excluding steroid dienone is 2. The Kier molecular flexibility index (Phi) is 23.7. The molecule has 4 aromatic heterocycles. The molecule has 6 amide bonds. The second-order valence-electron chi connectivity index (χ2n) is 31.9. The number of halogens is 6. The van der Waals surface area contributed by atoms with Crippen LogP contribution in [0.4, 0.5) is 26.3 Å². The van der Waals surface area contributed by atoms with Crippen LogP contribution in [0.15, 0.2) is 111 Å². The number of aromatic nitrogens is 8. The van der Waals surface area contributed by atoms with Crippen LogP contribution in [-0.2, 0) is 74.0 Å². The second-order valence-corrected chi connectivity index (χ2v) is 36.3. The molecule has 26 nitrogen and oxygen atoms in total. The third kappa shape index (κ3) is 17.7. The molecule has 7 aliphatic rings. The van der Waals surface area contributed by atoms with E-state index < -0.39 is 142 Å². The normalized spacial score (nSPS) is 25.4. The summed E-state index contributed by atoms with van der Waals surface area (Å²) >= 11 is 0. The van der Waals surface area contributed by atoms with E-state index in [1.54, 1.807) is 35.4 Å². The van der Waals surface area contributed by atoms with E-state index in [2.05, 4.69) is 63.1 Å². The number of amides is 6. The zero-order chi connectivity index (χ0) is 80.7. The number of likely N-dealkylation sites (tertiary alicyclic amines) is 1. The summed E-state index contributed by atoms with van der Waals surface area (Å²) in [6, 6.07) is 7.39. The zero-order valence-corrected chi connectivity index (χ0v) is 65.1. The third-order valence-electron chi connectivity index (χ3n) is 22.9. The lowest BCUT2D eigenvalue weighted by Crippen LogP contribution is -2.57. The smallest absolute Gasteiger partial charge is 0.416 e. The Hall–Kier alpha value is -9.34. The molecule has 2 saturated heterocycles. The van der Waals surface area contributed by atoms with Crippen molar-refractivity contribution in [2.24, 2.45) is 23.7 Å². The Balaban J connectivity index is 0.000000208. The molecule has 4 saturated carbocycles. The van der Waals surface area contributed by atoms with E-state index in [4.69, 9.17) is 9.47 Å². The van der Waals surface area contributed by atoms with Crippen LogP contribution >= 0.6 is 0 Å². The van der Waals surface area contributed by atoms with Gasteiger partial charge in [-0.2, -0.15) is 36.3 Å².